The number of carboxylic acid groups (broad SMARTS) is 1. The van der Waals surface area contributed by atoms with E-state index in [1.807, 2.05) is 50.2 Å². The van der Waals surface area contributed by atoms with Gasteiger partial charge in [0.05, 0.1) is 0 Å². The molecule has 0 saturated carbocycles. The molecular weight excluding hydrogens is 432 g/mol. The van der Waals surface area contributed by atoms with Crippen LogP contribution in [0.5, 0.6) is 0 Å². The van der Waals surface area contributed by atoms with Crippen LogP contribution in [0, 0.1) is 11.3 Å². The molecule has 2 amide bonds. The minimum Gasteiger partial charge on any atom is -0.480 e. The molecule has 34 heavy (non-hydrogen) atoms. The zero-order valence-electron chi connectivity index (χ0n) is 20.4. The van der Waals surface area contributed by atoms with Gasteiger partial charge in [-0.2, -0.15) is 0 Å². The number of carbonyl (C=O) groups is 3. The molecule has 3 N–H and O–H groups in total. The predicted octanol–water partition coefficient (Wildman–Crippen LogP) is 4.56. The molecule has 182 valence electrons. The van der Waals surface area contributed by atoms with Crippen LogP contribution in [0.1, 0.15) is 58.1 Å². The Morgan fingerprint density at radius 3 is 1.97 bits per heavy atom. The van der Waals surface area contributed by atoms with E-state index in [2.05, 4.69) is 22.8 Å². The van der Waals surface area contributed by atoms with Crippen molar-refractivity contribution in [2.75, 3.05) is 6.61 Å². The van der Waals surface area contributed by atoms with Crippen molar-refractivity contribution in [2.24, 2.45) is 11.3 Å². The van der Waals surface area contributed by atoms with Crippen LogP contribution >= 0.6 is 0 Å². The fraction of sp³-hybridized carbons (Fsp3) is 0.444. The molecule has 0 aromatic heterocycles. The van der Waals surface area contributed by atoms with Crippen LogP contribution in [0.25, 0.3) is 11.1 Å². The van der Waals surface area contributed by atoms with Crippen LogP contribution in [0.15, 0.2) is 48.5 Å². The first-order valence-electron chi connectivity index (χ1n) is 11.7. The Labute approximate surface area is 200 Å². The number of nitrogens with one attached hydrogen (secondary N) is 2. The minimum absolute atomic E-state index is 0.0914. The largest absolute Gasteiger partial charge is 0.480 e. The SMILES string of the molecule is CCC(C)C(NC(=O)OCC1c2ccccc2-c2ccccc21)C(=O)N[C@@H](C(=O)O)C(C)(C)C. The maximum Gasteiger partial charge on any atom is 0.407 e. The summed E-state index contributed by atoms with van der Waals surface area (Å²) >= 11 is 0. The van der Waals surface area contributed by atoms with Gasteiger partial charge < -0.3 is 20.5 Å². The van der Waals surface area contributed by atoms with Gasteiger partial charge in [0.1, 0.15) is 18.7 Å². The molecule has 0 spiro atoms. The summed E-state index contributed by atoms with van der Waals surface area (Å²) in [5, 5.41) is 14.8. The normalized spacial score (nSPS) is 15.4. The number of alkyl carbamates (subject to hydrolysis) is 1. The number of hydrogen-bond donors (Lipinski definition) is 3. The maximum atomic E-state index is 13.0. The van der Waals surface area contributed by atoms with Crippen molar-refractivity contribution in [2.45, 2.75) is 59.0 Å². The lowest BCUT2D eigenvalue weighted by Crippen LogP contribution is -2.57. The molecule has 0 bridgehead atoms. The Balaban J connectivity index is 1.70. The highest BCUT2D eigenvalue weighted by molar-refractivity contribution is 5.89. The van der Waals surface area contributed by atoms with E-state index < -0.39 is 35.5 Å². The molecule has 2 aromatic rings. The number of carbonyl (C=O) groups excluding carboxylic acids is 2. The van der Waals surface area contributed by atoms with Crippen molar-refractivity contribution in [3.63, 3.8) is 0 Å². The molecule has 1 aliphatic rings. The number of amides is 2. The summed E-state index contributed by atoms with van der Waals surface area (Å²) in [6, 6.07) is 14.1. The number of ether oxygens (including phenoxy) is 1. The van der Waals surface area contributed by atoms with Gasteiger partial charge >= 0.3 is 12.1 Å². The Morgan fingerprint density at radius 1 is 0.971 bits per heavy atom. The second kappa shape index (κ2) is 10.3. The van der Waals surface area contributed by atoms with Crippen LogP contribution in [-0.4, -0.2) is 41.8 Å². The van der Waals surface area contributed by atoms with Crippen molar-refractivity contribution in [1.82, 2.24) is 10.6 Å². The lowest BCUT2D eigenvalue weighted by atomic mass is 9.86. The maximum absolute atomic E-state index is 13.0. The highest BCUT2D eigenvalue weighted by Gasteiger charge is 2.36. The van der Waals surface area contributed by atoms with Gasteiger partial charge in [-0.3, -0.25) is 4.79 Å². The van der Waals surface area contributed by atoms with E-state index in [1.165, 1.54) is 0 Å². The van der Waals surface area contributed by atoms with Gasteiger partial charge in [-0.05, 0) is 33.6 Å². The second-order valence-electron chi connectivity index (χ2n) is 9.98. The number of carboxylic acids is 1. The van der Waals surface area contributed by atoms with Gasteiger partial charge in [0.25, 0.3) is 0 Å². The quantitative estimate of drug-likeness (QED) is 0.529. The smallest absolute Gasteiger partial charge is 0.407 e. The molecule has 0 saturated heterocycles. The average molecular weight is 467 g/mol. The summed E-state index contributed by atoms with van der Waals surface area (Å²) in [6.45, 7) is 9.09. The third kappa shape index (κ3) is 5.41. The molecule has 7 nitrogen and oxygen atoms in total. The summed E-state index contributed by atoms with van der Waals surface area (Å²) in [6.07, 6.45) is -0.0837. The van der Waals surface area contributed by atoms with E-state index in [0.717, 1.165) is 22.3 Å². The molecule has 0 radical (unpaired) electrons. The van der Waals surface area contributed by atoms with Crippen LogP contribution in [0.3, 0.4) is 0 Å². The molecule has 0 fully saturated rings. The van der Waals surface area contributed by atoms with Gasteiger partial charge in [0.15, 0.2) is 0 Å². The molecule has 0 aliphatic heterocycles. The summed E-state index contributed by atoms with van der Waals surface area (Å²) in [5.41, 5.74) is 3.77. The van der Waals surface area contributed by atoms with E-state index in [1.54, 1.807) is 20.8 Å². The average Bonchev–Trinajstić information content (AvgIpc) is 3.11. The van der Waals surface area contributed by atoms with Crippen LogP contribution in [-0.2, 0) is 14.3 Å². The standard InChI is InChI=1S/C27H34N2O5/c1-6-16(2)22(24(30)29-23(25(31)32)27(3,4)5)28-26(33)34-15-21-19-13-9-7-11-17(19)18-12-8-10-14-20(18)21/h7-14,16,21-23H,6,15H2,1-5H3,(H,28,33)(H,29,30)(H,31,32)/t16?,22?,23-/m0/s1. The molecule has 0 heterocycles. The predicted molar refractivity (Wildman–Crippen MR) is 130 cm³/mol. The lowest BCUT2D eigenvalue weighted by molar-refractivity contribution is -0.145. The Bertz CT molecular complexity index is 1010. The number of rotatable bonds is 8. The summed E-state index contributed by atoms with van der Waals surface area (Å²) in [7, 11) is 0. The van der Waals surface area contributed by atoms with Crippen LogP contribution < -0.4 is 10.6 Å². The third-order valence-corrected chi connectivity index (χ3v) is 6.51. The van der Waals surface area contributed by atoms with Gasteiger partial charge in [-0.25, -0.2) is 9.59 Å². The van der Waals surface area contributed by atoms with E-state index in [9.17, 15) is 19.5 Å². The number of aliphatic carboxylic acids is 1. The number of benzene rings is 2. The molecule has 1 aliphatic carbocycles. The zero-order valence-corrected chi connectivity index (χ0v) is 20.4. The molecule has 2 aromatic carbocycles. The van der Waals surface area contributed by atoms with Gasteiger partial charge in [0, 0.05) is 5.92 Å². The van der Waals surface area contributed by atoms with Crippen molar-refractivity contribution < 1.29 is 24.2 Å². The van der Waals surface area contributed by atoms with E-state index >= 15 is 0 Å². The highest BCUT2D eigenvalue weighted by atomic mass is 16.5. The van der Waals surface area contributed by atoms with Crippen molar-refractivity contribution >= 4 is 18.0 Å². The highest BCUT2D eigenvalue weighted by Crippen LogP contribution is 2.44. The first-order chi connectivity index (χ1) is 16.0. The topological polar surface area (TPSA) is 105 Å². The summed E-state index contributed by atoms with van der Waals surface area (Å²) in [4.78, 5) is 37.4. The second-order valence-corrected chi connectivity index (χ2v) is 9.98. The summed E-state index contributed by atoms with van der Waals surface area (Å²) < 4.78 is 5.59. The van der Waals surface area contributed by atoms with E-state index in [4.69, 9.17) is 4.74 Å². The molecule has 3 rings (SSSR count). The Hall–Kier alpha value is -3.35. The Kier molecular flexibility index (Phi) is 7.64. The van der Waals surface area contributed by atoms with E-state index in [0.29, 0.717) is 6.42 Å². The first kappa shape index (κ1) is 25.3. The van der Waals surface area contributed by atoms with Gasteiger partial charge in [0.2, 0.25) is 5.91 Å². The van der Waals surface area contributed by atoms with E-state index in [-0.39, 0.29) is 18.4 Å². The molecule has 2 unspecified atom stereocenters. The molecule has 7 heteroatoms. The fourth-order valence-electron chi connectivity index (χ4n) is 4.35. The van der Waals surface area contributed by atoms with Gasteiger partial charge in [-0.15, -0.1) is 0 Å². The van der Waals surface area contributed by atoms with Crippen molar-refractivity contribution in [1.29, 1.82) is 0 Å². The zero-order chi connectivity index (χ0) is 25.0. The summed E-state index contributed by atoms with van der Waals surface area (Å²) in [5.74, 6) is -1.96. The minimum atomic E-state index is -1.12. The molecular formula is C27H34N2O5. The van der Waals surface area contributed by atoms with Crippen molar-refractivity contribution in [3.8, 4) is 11.1 Å². The van der Waals surface area contributed by atoms with Crippen LogP contribution in [0.2, 0.25) is 0 Å². The Morgan fingerprint density at radius 2 is 1.50 bits per heavy atom. The van der Waals surface area contributed by atoms with Crippen LogP contribution in [0.4, 0.5) is 4.79 Å². The number of fused-ring (bicyclic) bond motifs is 3. The number of hydrogen-bond acceptors (Lipinski definition) is 4. The third-order valence-electron chi connectivity index (χ3n) is 6.51. The van der Waals surface area contributed by atoms with Crippen molar-refractivity contribution in [3.05, 3.63) is 59.7 Å². The lowest BCUT2D eigenvalue weighted by Gasteiger charge is -2.31. The molecule has 3 atom stereocenters. The fourth-order valence-corrected chi connectivity index (χ4v) is 4.35. The monoisotopic (exact) mass is 466 g/mol. The van der Waals surface area contributed by atoms with Gasteiger partial charge in [-0.1, -0.05) is 89.6 Å². The first-order valence-corrected chi connectivity index (χ1v) is 11.7.